The molecule has 1 aliphatic heterocycles. The molecule has 0 N–H and O–H groups in total. The molecular weight excluding hydrogens is 172 g/mol. The number of hydrogen-bond donors (Lipinski definition) is 0. The van der Waals surface area contributed by atoms with Gasteiger partial charge < -0.3 is 14.3 Å². The molecule has 1 saturated heterocycles. The first-order valence-corrected chi connectivity index (χ1v) is 4.45. The maximum Gasteiger partial charge on any atom is 0.306 e. The van der Waals surface area contributed by atoms with Crippen LogP contribution in [0.4, 0.5) is 0 Å². The molecule has 13 heavy (non-hydrogen) atoms. The molecule has 0 aromatic rings. The molecule has 1 fully saturated rings. The van der Waals surface area contributed by atoms with Gasteiger partial charge in [0.1, 0.15) is 11.9 Å². The van der Waals surface area contributed by atoms with E-state index in [0.717, 1.165) is 6.42 Å². The third-order valence-corrected chi connectivity index (χ3v) is 1.87. The average molecular weight is 186 g/mol. The van der Waals surface area contributed by atoms with Crippen LogP contribution in [0.3, 0.4) is 0 Å². The van der Waals surface area contributed by atoms with Crippen molar-refractivity contribution in [2.24, 2.45) is 0 Å². The molecule has 0 saturated carbocycles. The van der Waals surface area contributed by atoms with Crippen LogP contribution in [-0.2, 0) is 19.1 Å². The minimum absolute atomic E-state index is 0.0135. The van der Waals surface area contributed by atoms with Gasteiger partial charge in [0.25, 0.3) is 0 Å². The quantitative estimate of drug-likeness (QED) is 0.606. The van der Waals surface area contributed by atoms with Gasteiger partial charge in [0.15, 0.2) is 0 Å². The van der Waals surface area contributed by atoms with Gasteiger partial charge >= 0.3 is 5.97 Å². The largest absolute Gasteiger partial charge is 0.460 e. The summed E-state index contributed by atoms with van der Waals surface area (Å²) in [6.07, 6.45) is 1.13. The standard InChI is InChI=1S/C9H14O4/c1-7(10)2-3-9(11)13-8-4-5-12-6-8/h8H,2-6H2,1H3. The van der Waals surface area contributed by atoms with Crippen LogP contribution >= 0.6 is 0 Å². The smallest absolute Gasteiger partial charge is 0.306 e. The van der Waals surface area contributed by atoms with Crippen molar-refractivity contribution in [1.82, 2.24) is 0 Å². The molecule has 1 aliphatic rings. The number of esters is 1. The van der Waals surface area contributed by atoms with Crippen LogP contribution in [0.5, 0.6) is 0 Å². The van der Waals surface area contributed by atoms with Crippen molar-refractivity contribution in [2.45, 2.75) is 32.3 Å². The number of ketones is 1. The van der Waals surface area contributed by atoms with Crippen molar-refractivity contribution in [3.05, 3.63) is 0 Å². The van der Waals surface area contributed by atoms with E-state index < -0.39 is 0 Å². The van der Waals surface area contributed by atoms with Crippen molar-refractivity contribution in [2.75, 3.05) is 13.2 Å². The van der Waals surface area contributed by atoms with E-state index in [1.54, 1.807) is 0 Å². The fraction of sp³-hybridized carbons (Fsp3) is 0.778. The van der Waals surface area contributed by atoms with Crippen molar-refractivity contribution in [3.63, 3.8) is 0 Å². The zero-order valence-electron chi connectivity index (χ0n) is 7.75. The van der Waals surface area contributed by atoms with Crippen molar-refractivity contribution in [3.8, 4) is 0 Å². The molecule has 74 valence electrons. The van der Waals surface area contributed by atoms with E-state index in [1.807, 2.05) is 0 Å². The summed E-state index contributed by atoms with van der Waals surface area (Å²) in [5.74, 6) is -0.287. The predicted octanol–water partition coefficient (Wildman–Crippen LogP) is 0.688. The third-order valence-electron chi connectivity index (χ3n) is 1.87. The normalized spacial score (nSPS) is 21.5. The summed E-state index contributed by atoms with van der Waals surface area (Å²) >= 11 is 0. The van der Waals surface area contributed by atoms with Gasteiger partial charge in [-0.1, -0.05) is 0 Å². The number of carbonyl (C=O) groups excluding carboxylic acids is 2. The molecule has 0 radical (unpaired) electrons. The Morgan fingerprint density at radius 1 is 1.46 bits per heavy atom. The lowest BCUT2D eigenvalue weighted by atomic mass is 10.2. The second-order valence-electron chi connectivity index (χ2n) is 3.18. The highest BCUT2D eigenvalue weighted by atomic mass is 16.6. The van der Waals surface area contributed by atoms with Crippen LogP contribution in [0.1, 0.15) is 26.2 Å². The maximum absolute atomic E-state index is 11.1. The number of hydrogen-bond acceptors (Lipinski definition) is 4. The van der Waals surface area contributed by atoms with Gasteiger partial charge in [-0.25, -0.2) is 0 Å². The Hall–Kier alpha value is -0.900. The lowest BCUT2D eigenvalue weighted by Crippen LogP contribution is -2.18. The zero-order chi connectivity index (χ0) is 9.68. The molecular formula is C9H14O4. The number of ether oxygens (including phenoxy) is 2. The number of rotatable bonds is 4. The Bertz CT molecular complexity index is 194. The second kappa shape index (κ2) is 4.97. The maximum atomic E-state index is 11.1. The molecule has 4 nitrogen and oxygen atoms in total. The summed E-state index contributed by atoms with van der Waals surface area (Å²) in [5.41, 5.74) is 0. The topological polar surface area (TPSA) is 52.6 Å². The molecule has 0 bridgehead atoms. The van der Waals surface area contributed by atoms with E-state index in [1.165, 1.54) is 6.92 Å². The summed E-state index contributed by atoms with van der Waals surface area (Å²) in [5, 5.41) is 0. The van der Waals surface area contributed by atoms with Crippen LogP contribution < -0.4 is 0 Å². The Balaban J connectivity index is 2.13. The molecule has 1 rings (SSSR count). The third kappa shape index (κ3) is 4.03. The molecule has 0 aliphatic carbocycles. The molecule has 1 atom stereocenters. The van der Waals surface area contributed by atoms with Crippen LogP contribution in [0.25, 0.3) is 0 Å². The summed E-state index contributed by atoms with van der Waals surface area (Å²) in [6, 6.07) is 0. The minimum Gasteiger partial charge on any atom is -0.460 e. The van der Waals surface area contributed by atoms with E-state index >= 15 is 0 Å². The summed E-state index contributed by atoms with van der Waals surface area (Å²) in [4.78, 5) is 21.6. The van der Waals surface area contributed by atoms with Gasteiger partial charge in [0.2, 0.25) is 0 Å². The summed E-state index contributed by atoms with van der Waals surface area (Å²) in [7, 11) is 0. The first-order chi connectivity index (χ1) is 6.18. The van der Waals surface area contributed by atoms with Gasteiger partial charge in [-0.05, 0) is 6.92 Å². The Morgan fingerprint density at radius 2 is 2.23 bits per heavy atom. The molecule has 4 heteroatoms. The van der Waals surface area contributed by atoms with E-state index in [9.17, 15) is 9.59 Å². The first kappa shape index (κ1) is 10.2. The van der Waals surface area contributed by atoms with Gasteiger partial charge in [0.05, 0.1) is 19.6 Å². The predicted molar refractivity (Wildman–Crippen MR) is 45.2 cm³/mol. The van der Waals surface area contributed by atoms with Gasteiger partial charge in [-0.2, -0.15) is 0 Å². The zero-order valence-corrected chi connectivity index (χ0v) is 7.75. The monoisotopic (exact) mass is 186 g/mol. The number of carbonyl (C=O) groups is 2. The first-order valence-electron chi connectivity index (χ1n) is 4.45. The minimum atomic E-state index is -0.300. The summed E-state index contributed by atoms with van der Waals surface area (Å²) < 4.78 is 10.1. The Morgan fingerprint density at radius 3 is 2.77 bits per heavy atom. The van der Waals surface area contributed by atoms with Crippen molar-refractivity contribution >= 4 is 11.8 Å². The highest BCUT2D eigenvalue weighted by Gasteiger charge is 2.19. The molecule has 1 unspecified atom stereocenters. The van der Waals surface area contributed by atoms with E-state index in [0.29, 0.717) is 13.2 Å². The van der Waals surface area contributed by atoms with Crippen LogP contribution in [0.15, 0.2) is 0 Å². The fourth-order valence-corrected chi connectivity index (χ4v) is 1.13. The highest BCUT2D eigenvalue weighted by Crippen LogP contribution is 2.09. The second-order valence-corrected chi connectivity index (χ2v) is 3.18. The average Bonchev–Trinajstić information content (AvgIpc) is 2.53. The molecule has 0 amide bonds. The van der Waals surface area contributed by atoms with Crippen molar-refractivity contribution in [1.29, 1.82) is 0 Å². The Labute approximate surface area is 77.2 Å². The van der Waals surface area contributed by atoms with Crippen molar-refractivity contribution < 1.29 is 19.1 Å². The SMILES string of the molecule is CC(=O)CCC(=O)OC1CCOC1. The van der Waals surface area contributed by atoms with Crippen LogP contribution in [-0.4, -0.2) is 31.1 Å². The van der Waals surface area contributed by atoms with Gasteiger partial charge in [-0.3, -0.25) is 4.79 Å². The highest BCUT2D eigenvalue weighted by molar-refractivity contribution is 5.81. The van der Waals surface area contributed by atoms with E-state index in [2.05, 4.69) is 0 Å². The molecule has 0 aromatic carbocycles. The lowest BCUT2D eigenvalue weighted by Gasteiger charge is -2.08. The molecule has 0 spiro atoms. The fourth-order valence-electron chi connectivity index (χ4n) is 1.13. The van der Waals surface area contributed by atoms with Crippen LogP contribution in [0.2, 0.25) is 0 Å². The van der Waals surface area contributed by atoms with E-state index in [4.69, 9.17) is 9.47 Å². The van der Waals surface area contributed by atoms with Gasteiger partial charge in [-0.15, -0.1) is 0 Å². The number of Topliss-reactive ketones (excluding diaryl/α,β-unsaturated/α-hetero) is 1. The van der Waals surface area contributed by atoms with Crippen LogP contribution in [0, 0.1) is 0 Å². The summed E-state index contributed by atoms with van der Waals surface area (Å²) in [6.45, 7) is 2.61. The molecule has 0 aromatic heterocycles. The van der Waals surface area contributed by atoms with E-state index in [-0.39, 0.29) is 30.7 Å². The Kier molecular flexibility index (Phi) is 3.89. The lowest BCUT2D eigenvalue weighted by molar-refractivity contribution is -0.149. The van der Waals surface area contributed by atoms with Gasteiger partial charge in [0, 0.05) is 12.8 Å². The molecule has 1 heterocycles.